The van der Waals surface area contributed by atoms with Gasteiger partial charge >= 0.3 is 0 Å². The van der Waals surface area contributed by atoms with Crippen LogP contribution in [0.1, 0.15) is 50.1 Å². The van der Waals surface area contributed by atoms with E-state index in [1.54, 1.807) is 0 Å². The van der Waals surface area contributed by atoms with Gasteiger partial charge in [-0.25, -0.2) is 0 Å². The van der Waals surface area contributed by atoms with Crippen LogP contribution in [0.25, 0.3) is 0 Å². The summed E-state index contributed by atoms with van der Waals surface area (Å²) < 4.78 is 0. The van der Waals surface area contributed by atoms with E-state index in [2.05, 4.69) is 4.90 Å². The van der Waals surface area contributed by atoms with Crippen molar-refractivity contribution in [1.82, 2.24) is 4.90 Å². The first-order valence-electron chi connectivity index (χ1n) is 8.79. The Morgan fingerprint density at radius 2 is 1.65 bits per heavy atom. The van der Waals surface area contributed by atoms with E-state index in [4.69, 9.17) is 5.73 Å². The molecule has 0 radical (unpaired) electrons. The maximum absolute atomic E-state index is 12.8. The first kappa shape index (κ1) is 16.8. The summed E-state index contributed by atoms with van der Waals surface area (Å²) in [6.07, 6.45) is 7.03. The highest BCUT2D eigenvalue weighted by Crippen LogP contribution is 2.47. The number of rotatable bonds is 3. The fraction of sp³-hybridized carbons (Fsp3) is 0.632. The standard InChI is InChI=1S/C19H26N2O.ClH/c20-18(16-4-2-1-3-5-16)11-19(22)21-12-15-7-13-6-14(8-15)10-17(21)9-13;/h1-5,13-15,17-18H,6-12,20H2;1H. The minimum Gasteiger partial charge on any atom is -0.339 e. The van der Waals surface area contributed by atoms with Gasteiger partial charge in [0.25, 0.3) is 0 Å². The summed E-state index contributed by atoms with van der Waals surface area (Å²) in [5, 5.41) is 0. The van der Waals surface area contributed by atoms with Gasteiger partial charge in [0.15, 0.2) is 0 Å². The minimum absolute atomic E-state index is 0. The molecule has 2 N–H and O–H groups in total. The van der Waals surface area contributed by atoms with Crippen molar-refractivity contribution >= 4 is 18.3 Å². The summed E-state index contributed by atoms with van der Waals surface area (Å²) in [5.74, 6) is 2.77. The number of amides is 1. The average molecular weight is 335 g/mol. The molecule has 126 valence electrons. The Labute approximate surface area is 145 Å². The van der Waals surface area contributed by atoms with Crippen molar-refractivity contribution in [1.29, 1.82) is 0 Å². The van der Waals surface area contributed by atoms with Crippen molar-refractivity contribution in [2.45, 2.75) is 50.6 Å². The molecule has 1 aromatic carbocycles. The van der Waals surface area contributed by atoms with Crippen molar-refractivity contribution in [3.8, 4) is 0 Å². The van der Waals surface area contributed by atoms with Crippen LogP contribution >= 0.6 is 12.4 Å². The van der Waals surface area contributed by atoms with Crippen LogP contribution in [0.3, 0.4) is 0 Å². The molecule has 3 atom stereocenters. The Bertz CT molecular complexity index is 536. The van der Waals surface area contributed by atoms with Crippen LogP contribution in [-0.4, -0.2) is 23.4 Å². The molecule has 1 amide bonds. The lowest BCUT2D eigenvalue weighted by Crippen LogP contribution is -2.43. The molecule has 0 aromatic heterocycles. The van der Waals surface area contributed by atoms with Gasteiger partial charge in [-0.1, -0.05) is 30.3 Å². The number of hydrogen-bond donors (Lipinski definition) is 1. The highest BCUT2D eigenvalue weighted by atomic mass is 35.5. The van der Waals surface area contributed by atoms with Crippen LogP contribution in [0.4, 0.5) is 0 Å². The van der Waals surface area contributed by atoms with E-state index >= 15 is 0 Å². The van der Waals surface area contributed by atoms with Gasteiger partial charge in [0, 0.05) is 25.0 Å². The van der Waals surface area contributed by atoms with E-state index in [0.29, 0.717) is 12.5 Å². The number of hydrogen-bond acceptors (Lipinski definition) is 2. The van der Waals surface area contributed by atoms with Crippen LogP contribution in [0.2, 0.25) is 0 Å². The van der Waals surface area contributed by atoms with Gasteiger partial charge in [0.2, 0.25) is 5.91 Å². The average Bonchev–Trinajstić information content (AvgIpc) is 2.72. The smallest absolute Gasteiger partial charge is 0.224 e. The fourth-order valence-electron chi connectivity index (χ4n) is 5.21. The Morgan fingerprint density at radius 1 is 1.04 bits per heavy atom. The van der Waals surface area contributed by atoms with E-state index in [-0.39, 0.29) is 24.4 Å². The Kier molecular flexibility index (Phi) is 4.98. The maximum Gasteiger partial charge on any atom is 0.224 e. The first-order valence-corrected chi connectivity index (χ1v) is 8.79. The zero-order valence-electron chi connectivity index (χ0n) is 13.6. The number of fused-ring (bicyclic) bond motifs is 1. The number of halogens is 1. The molecule has 2 aliphatic heterocycles. The van der Waals surface area contributed by atoms with Crippen molar-refractivity contribution in [2.75, 3.05) is 6.54 Å². The molecule has 2 heterocycles. The second-order valence-electron chi connectivity index (χ2n) is 7.70. The highest BCUT2D eigenvalue weighted by molar-refractivity contribution is 5.85. The molecular weight excluding hydrogens is 308 g/mol. The first-order chi connectivity index (χ1) is 10.7. The Balaban J connectivity index is 0.00000156. The normalized spacial score (nSPS) is 33.0. The molecule has 4 bridgehead atoms. The third kappa shape index (κ3) is 3.41. The molecule has 4 heteroatoms. The molecule has 3 unspecified atom stereocenters. The van der Waals surface area contributed by atoms with Crippen LogP contribution < -0.4 is 5.73 Å². The van der Waals surface area contributed by atoms with E-state index in [9.17, 15) is 4.79 Å². The molecule has 2 aliphatic carbocycles. The van der Waals surface area contributed by atoms with Gasteiger partial charge < -0.3 is 10.6 Å². The van der Waals surface area contributed by atoms with Gasteiger partial charge in [0.05, 0.1) is 0 Å². The predicted molar refractivity (Wildman–Crippen MR) is 94.3 cm³/mol. The molecule has 3 nitrogen and oxygen atoms in total. The zero-order valence-corrected chi connectivity index (χ0v) is 14.4. The molecule has 2 saturated carbocycles. The van der Waals surface area contributed by atoms with Crippen molar-refractivity contribution in [3.05, 3.63) is 35.9 Å². The van der Waals surface area contributed by atoms with Crippen molar-refractivity contribution in [3.63, 3.8) is 0 Å². The fourth-order valence-corrected chi connectivity index (χ4v) is 5.21. The molecule has 4 aliphatic rings. The van der Waals surface area contributed by atoms with Gasteiger partial charge in [0.1, 0.15) is 0 Å². The molecule has 5 rings (SSSR count). The van der Waals surface area contributed by atoms with E-state index in [1.807, 2.05) is 30.3 Å². The van der Waals surface area contributed by atoms with Gasteiger partial charge in [-0.05, 0) is 55.4 Å². The number of nitrogens with zero attached hydrogens (tertiary/aromatic N) is 1. The lowest BCUT2D eigenvalue weighted by molar-refractivity contribution is -0.134. The van der Waals surface area contributed by atoms with Crippen LogP contribution in [0, 0.1) is 17.8 Å². The van der Waals surface area contributed by atoms with Gasteiger partial charge in [-0.3, -0.25) is 4.79 Å². The quantitative estimate of drug-likeness (QED) is 0.919. The minimum atomic E-state index is -0.175. The highest BCUT2D eigenvalue weighted by Gasteiger charge is 2.43. The molecule has 4 fully saturated rings. The summed E-state index contributed by atoms with van der Waals surface area (Å²) in [6.45, 7) is 0.984. The summed E-state index contributed by atoms with van der Waals surface area (Å²) >= 11 is 0. The molecular formula is C19H27ClN2O. The van der Waals surface area contributed by atoms with Gasteiger partial charge in [-0.15, -0.1) is 12.4 Å². The third-order valence-electron chi connectivity index (χ3n) is 6.05. The SMILES string of the molecule is Cl.NC(CC(=O)N1CC2CC3CC(C2)CC1C3)c1ccccc1. The molecule has 0 spiro atoms. The van der Waals surface area contributed by atoms with Gasteiger partial charge in [-0.2, -0.15) is 0 Å². The lowest BCUT2D eigenvalue weighted by atomic mass is 9.68. The molecule has 2 saturated heterocycles. The number of carbonyl (C=O) groups excluding carboxylic acids is 1. The number of carbonyl (C=O) groups is 1. The Morgan fingerprint density at radius 3 is 2.30 bits per heavy atom. The lowest BCUT2D eigenvalue weighted by Gasteiger charge is -2.39. The largest absolute Gasteiger partial charge is 0.339 e. The second-order valence-corrected chi connectivity index (χ2v) is 7.70. The van der Waals surface area contributed by atoms with Crippen LogP contribution in [0.15, 0.2) is 30.3 Å². The summed E-state index contributed by atoms with van der Waals surface area (Å²) in [6, 6.07) is 10.3. The Hall–Kier alpha value is -1.06. The summed E-state index contributed by atoms with van der Waals surface area (Å²) in [7, 11) is 0. The van der Waals surface area contributed by atoms with Crippen LogP contribution in [0.5, 0.6) is 0 Å². The zero-order chi connectivity index (χ0) is 15.1. The molecule has 1 aromatic rings. The summed E-state index contributed by atoms with van der Waals surface area (Å²) in [4.78, 5) is 15.0. The number of nitrogens with two attached hydrogens (primary N) is 1. The van der Waals surface area contributed by atoms with E-state index in [1.165, 1.54) is 32.1 Å². The monoisotopic (exact) mass is 334 g/mol. The predicted octanol–water partition coefficient (Wildman–Crippen LogP) is 3.54. The third-order valence-corrected chi connectivity index (χ3v) is 6.05. The van der Waals surface area contributed by atoms with E-state index in [0.717, 1.165) is 29.9 Å². The number of benzene rings is 1. The van der Waals surface area contributed by atoms with Crippen LogP contribution in [-0.2, 0) is 4.79 Å². The maximum atomic E-state index is 12.8. The van der Waals surface area contributed by atoms with E-state index < -0.39 is 0 Å². The summed E-state index contributed by atoms with van der Waals surface area (Å²) in [5.41, 5.74) is 7.33. The molecule has 23 heavy (non-hydrogen) atoms. The second kappa shape index (κ2) is 6.82. The van der Waals surface area contributed by atoms with Crippen molar-refractivity contribution < 1.29 is 4.79 Å². The topological polar surface area (TPSA) is 46.3 Å². The van der Waals surface area contributed by atoms with Crippen molar-refractivity contribution in [2.24, 2.45) is 23.5 Å².